The standard InChI is InChI=1S/C12H7Cl2NO2/c13-8-2-3-10(14)9(5-8)11-4-1-7(6-16)12(17)15-11/h1-6H,(H,15,17). The molecule has 0 saturated heterocycles. The lowest BCUT2D eigenvalue weighted by atomic mass is 10.1. The number of aromatic nitrogens is 1. The largest absolute Gasteiger partial charge is 0.321 e. The maximum absolute atomic E-state index is 11.5. The van der Waals surface area contributed by atoms with E-state index in [4.69, 9.17) is 23.2 Å². The molecule has 17 heavy (non-hydrogen) atoms. The normalized spacial score (nSPS) is 10.2. The summed E-state index contributed by atoms with van der Waals surface area (Å²) in [5, 5.41) is 0.994. The number of hydrogen-bond acceptors (Lipinski definition) is 2. The van der Waals surface area contributed by atoms with Crippen LogP contribution in [0.1, 0.15) is 10.4 Å². The zero-order chi connectivity index (χ0) is 12.4. The molecule has 5 heteroatoms. The van der Waals surface area contributed by atoms with Gasteiger partial charge in [0, 0.05) is 21.3 Å². The number of aldehydes is 1. The van der Waals surface area contributed by atoms with Crippen molar-refractivity contribution >= 4 is 29.5 Å². The van der Waals surface area contributed by atoms with Crippen molar-refractivity contribution in [2.75, 3.05) is 0 Å². The molecule has 2 rings (SSSR count). The van der Waals surface area contributed by atoms with E-state index in [1.807, 2.05) is 0 Å². The third kappa shape index (κ3) is 2.40. The number of aromatic amines is 1. The number of nitrogens with one attached hydrogen (secondary N) is 1. The molecule has 2 aromatic rings. The first-order chi connectivity index (χ1) is 8.11. The molecule has 3 nitrogen and oxygen atoms in total. The molecule has 0 radical (unpaired) electrons. The summed E-state index contributed by atoms with van der Waals surface area (Å²) >= 11 is 11.9. The number of benzene rings is 1. The van der Waals surface area contributed by atoms with Crippen LogP contribution < -0.4 is 5.56 Å². The number of rotatable bonds is 2. The van der Waals surface area contributed by atoms with Gasteiger partial charge in [-0.15, -0.1) is 0 Å². The van der Waals surface area contributed by atoms with Gasteiger partial charge in [0.15, 0.2) is 6.29 Å². The van der Waals surface area contributed by atoms with Gasteiger partial charge in [-0.05, 0) is 30.3 Å². The molecule has 0 unspecified atom stereocenters. The third-order valence-electron chi connectivity index (χ3n) is 2.29. The molecule has 0 amide bonds. The van der Waals surface area contributed by atoms with Crippen LogP contribution in [0.25, 0.3) is 11.3 Å². The second kappa shape index (κ2) is 4.73. The Morgan fingerprint density at radius 3 is 2.53 bits per heavy atom. The number of halogens is 2. The van der Waals surface area contributed by atoms with E-state index < -0.39 is 5.56 Å². The van der Waals surface area contributed by atoms with Gasteiger partial charge in [-0.25, -0.2) is 0 Å². The quantitative estimate of drug-likeness (QED) is 0.850. The Hall–Kier alpha value is -1.58. The summed E-state index contributed by atoms with van der Waals surface area (Å²) in [6.45, 7) is 0. The SMILES string of the molecule is O=Cc1ccc(-c2cc(Cl)ccc2Cl)[nH]c1=O. The minimum absolute atomic E-state index is 0.0758. The number of pyridine rings is 1. The van der Waals surface area contributed by atoms with Gasteiger partial charge in [0.25, 0.3) is 5.56 Å². The Balaban J connectivity index is 2.61. The number of H-pyrrole nitrogens is 1. The smallest absolute Gasteiger partial charge is 0.258 e. The summed E-state index contributed by atoms with van der Waals surface area (Å²) in [5.41, 5.74) is 0.766. The number of carbonyl (C=O) groups excluding carboxylic acids is 1. The van der Waals surface area contributed by atoms with Crippen LogP contribution in [0, 0.1) is 0 Å². The van der Waals surface area contributed by atoms with E-state index in [1.54, 1.807) is 24.3 Å². The molecule has 86 valence electrons. The van der Waals surface area contributed by atoms with Crippen molar-refractivity contribution in [1.29, 1.82) is 0 Å². The summed E-state index contributed by atoms with van der Waals surface area (Å²) in [6, 6.07) is 8.01. The molecule has 0 aliphatic rings. The van der Waals surface area contributed by atoms with Crippen LogP contribution >= 0.6 is 23.2 Å². The summed E-state index contributed by atoms with van der Waals surface area (Å²) in [6.07, 6.45) is 0.502. The first-order valence-corrected chi connectivity index (χ1v) is 5.51. The Kier molecular flexibility index (Phi) is 3.31. The fourth-order valence-corrected chi connectivity index (χ4v) is 1.83. The second-order valence-electron chi connectivity index (χ2n) is 3.40. The molecule has 0 aliphatic carbocycles. The molecule has 1 aromatic carbocycles. The van der Waals surface area contributed by atoms with E-state index in [-0.39, 0.29) is 5.56 Å². The molecule has 0 spiro atoms. The maximum atomic E-state index is 11.5. The van der Waals surface area contributed by atoms with E-state index in [0.29, 0.717) is 27.6 Å². The highest BCUT2D eigenvalue weighted by Crippen LogP contribution is 2.28. The topological polar surface area (TPSA) is 49.9 Å². The highest BCUT2D eigenvalue weighted by Gasteiger charge is 2.06. The molecule has 0 saturated carbocycles. The van der Waals surface area contributed by atoms with Crippen molar-refractivity contribution in [2.45, 2.75) is 0 Å². The molecule has 0 bridgehead atoms. The van der Waals surface area contributed by atoms with Crippen molar-refractivity contribution in [3.05, 3.63) is 56.3 Å². The van der Waals surface area contributed by atoms with E-state index >= 15 is 0 Å². The minimum atomic E-state index is -0.450. The lowest BCUT2D eigenvalue weighted by Gasteiger charge is -2.05. The van der Waals surface area contributed by atoms with Gasteiger partial charge in [0.2, 0.25) is 0 Å². The van der Waals surface area contributed by atoms with Crippen molar-refractivity contribution in [2.24, 2.45) is 0 Å². The summed E-state index contributed by atoms with van der Waals surface area (Å²) in [4.78, 5) is 24.6. The summed E-state index contributed by atoms with van der Waals surface area (Å²) in [5.74, 6) is 0. The summed E-state index contributed by atoms with van der Waals surface area (Å²) in [7, 11) is 0. The number of carbonyl (C=O) groups is 1. The van der Waals surface area contributed by atoms with Gasteiger partial charge in [-0.2, -0.15) is 0 Å². The van der Waals surface area contributed by atoms with Crippen molar-refractivity contribution < 1.29 is 4.79 Å². The second-order valence-corrected chi connectivity index (χ2v) is 4.24. The third-order valence-corrected chi connectivity index (χ3v) is 2.85. The van der Waals surface area contributed by atoms with Crippen LogP contribution in [0.15, 0.2) is 35.1 Å². The Bertz CT molecular complexity index is 635. The first-order valence-electron chi connectivity index (χ1n) is 4.76. The molecule has 0 aliphatic heterocycles. The van der Waals surface area contributed by atoms with E-state index in [0.717, 1.165) is 0 Å². The van der Waals surface area contributed by atoms with Crippen molar-refractivity contribution in [3.63, 3.8) is 0 Å². The zero-order valence-electron chi connectivity index (χ0n) is 8.54. The lowest BCUT2D eigenvalue weighted by Crippen LogP contribution is -2.11. The maximum Gasteiger partial charge on any atom is 0.258 e. The Morgan fingerprint density at radius 1 is 1.12 bits per heavy atom. The average Bonchev–Trinajstić information content (AvgIpc) is 2.32. The van der Waals surface area contributed by atoms with Gasteiger partial charge in [-0.1, -0.05) is 23.2 Å². The van der Waals surface area contributed by atoms with E-state index in [9.17, 15) is 9.59 Å². The predicted molar refractivity (Wildman–Crippen MR) is 67.9 cm³/mol. The van der Waals surface area contributed by atoms with E-state index in [2.05, 4.69) is 4.98 Å². The molecule has 1 heterocycles. The monoisotopic (exact) mass is 267 g/mol. The highest BCUT2D eigenvalue weighted by atomic mass is 35.5. The van der Waals surface area contributed by atoms with Crippen LogP contribution in [0.3, 0.4) is 0 Å². The average molecular weight is 268 g/mol. The first kappa shape index (κ1) is 11.9. The molecule has 1 aromatic heterocycles. The lowest BCUT2D eigenvalue weighted by molar-refractivity contribution is 0.112. The fraction of sp³-hybridized carbons (Fsp3) is 0. The fourth-order valence-electron chi connectivity index (χ4n) is 1.44. The van der Waals surface area contributed by atoms with Gasteiger partial charge in [0.05, 0.1) is 5.56 Å². The predicted octanol–water partition coefficient (Wildman–Crippen LogP) is 3.16. The minimum Gasteiger partial charge on any atom is -0.321 e. The molecule has 0 fully saturated rings. The van der Waals surface area contributed by atoms with Crippen LogP contribution in [-0.2, 0) is 0 Å². The summed E-state index contributed by atoms with van der Waals surface area (Å²) < 4.78 is 0. The van der Waals surface area contributed by atoms with Crippen molar-refractivity contribution in [3.8, 4) is 11.3 Å². The van der Waals surface area contributed by atoms with Gasteiger partial charge < -0.3 is 4.98 Å². The number of hydrogen-bond donors (Lipinski definition) is 1. The van der Waals surface area contributed by atoms with Crippen LogP contribution in [0.2, 0.25) is 10.0 Å². The van der Waals surface area contributed by atoms with Gasteiger partial charge in [-0.3, -0.25) is 9.59 Å². The molecule has 0 atom stereocenters. The Labute approximate surface area is 107 Å². The Morgan fingerprint density at radius 2 is 1.88 bits per heavy atom. The van der Waals surface area contributed by atoms with E-state index in [1.165, 1.54) is 6.07 Å². The van der Waals surface area contributed by atoms with Crippen LogP contribution in [0.5, 0.6) is 0 Å². The molecule has 1 N–H and O–H groups in total. The molecular formula is C12H7Cl2NO2. The van der Waals surface area contributed by atoms with Crippen LogP contribution in [0.4, 0.5) is 0 Å². The zero-order valence-corrected chi connectivity index (χ0v) is 10.0. The van der Waals surface area contributed by atoms with Crippen LogP contribution in [-0.4, -0.2) is 11.3 Å². The highest BCUT2D eigenvalue weighted by molar-refractivity contribution is 6.35. The van der Waals surface area contributed by atoms with Gasteiger partial charge in [0.1, 0.15) is 0 Å². The molecular weight excluding hydrogens is 261 g/mol. The van der Waals surface area contributed by atoms with Crippen molar-refractivity contribution in [1.82, 2.24) is 4.98 Å². The van der Waals surface area contributed by atoms with Gasteiger partial charge >= 0.3 is 0 Å².